The number of imidazole rings is 1. The van der Waals surface area contributed by atoms with E-state index in [0.717, 1.165) is 76.2 Å². The molecule has 10 heteroatoms. The molecule has 1 saturated heterocycles. The largest absolute Gasteiger partial charge is 0.352 e. The molecule has 1 aliphatic rings. The number of para-hydroxylation sites is 1. The third-order valence-electron chi connectivity index (χ3n) is 9.41. The lowest BCUT2D eigenvalue weighted by Gasteiger charge is -2.33. The zero-order valence-electron chi connectivity index (χ0n) is 27.9. The average Bonchev–Trinajstić information content (AvgIpc) is 3.71. The summed E-state index contributed by atoms with van der Waals surface area (Å²) in [6.07, 6.45) is 3.79. The lowest BCUT2D eigenvalue weighted by molar-refractivity contribution is -0.120. The van der Waals surface area contributed by atoms with E-state index in [0.29, 0.717) is 22.3 Å². The Morgan fingerprint density at radius 3 is 2.48 bits per heavy atom. The van der Waals surface area contributed by atoms with Crippen LogP contribution in [0.5, 0.6) is 0 Å². The number of nitrogens with zero attached hydrogens (tertiary/aromatic N) is 3. The van der Waals surface area contributed by atoms with Crippen molar-refractivity contribution in [1.82, 2.24) is 24.8 Å². The van der Waals surface area contributed by atoms with Crippen molar-refractivity contribution in [2.45, 2.75) is 45.3 Å². The maximum Gasteiger partial charge on any atom is 0.272 e. The third-order valence-corrected chi connectivity index (χ3v) is 9.89. The molecule has 3 N–H and O–H groups in total. The van der Waals surface area contributed by atoms with Crippen molar-refractivity contribution in [2.75, 3.05) is 18.4 Å². The standard InChI is InChI=1S/C40H38Cl2N6O2/c1-25(27-14-16-30(41)17-15-27)48-24-43-37(28-9-4-3-5-10-28)39(48)36-33-19-18-31(42)21-35(33)45-38(36)40(50)46-34-13-7-6-11-29(34)22-47-20-8-12-32(23-47)44-26(2)49/h3-7,9-11,13-19,21,24-25,32,45H,8,12,20,22-23H2,1-2H3,(H,44,49)(H,46,50)/t25-,32-/m0/s1. The van der Waals surface area contributed by atoms with Crippen molar-refractivity contribution in [2.24, 2.45) is 0 Å². The summed E-state index contributed by atoms with van der Waals surface area (Å²) in [5, 5.41) is 8.39. The van der Waals surface area contributed by atoms with Gasteiger partial charge in [0.05, 0.1) is 23.8 Å². The summed E-state index contributed by atoms with van der Waals surface area (Å²) in [7, 11) is 0. The zero-order chi connectivity index (χ0) is 34.8. The van der Waals surface area contributed by atoms with Crippen LogP contribution in [0.3, 0.4) is 0 Å². The summed E-state index contributed by atoms with van der Waals surface area (Å²) in [5.41, 5.74) is 7.16. The molecule has 7 rings (SSSR count). The molecule has 4 aromatic carbocycles. The first kappa shape index (κ1) is 33.6. The Balaban J connectivity index is 1.31. The summed E-state index contributed by atoms with van der Waals surface area (Å²) in [5.74, 6) is -0.292. The van der Waals surface area contributed by atoms with Crippen LogP contribution in [-0.4, -0.2) is 50.4 Å². The van der Waals surface area contributed by atoms with E-state index in [4.69, 9.17) is 28.2 Å². The smallest absolute Gasteiger partial charge is 0.272 e. The van der Waals surface area contributed by atoms with E-state index >= 15 is 0 Å². The van der Waals surface area contributed by atoms with E-state index in [1.54, 1.807) is 6.92 Å². The molecule has 1 fully saturated rings. The zero-order valence-corrected chi connectivity index (χ0v) is 29.4. The first-order valence-electron chi connectivity index (χ1n) is 16.8. The number of aromatic amines is 1. The van der Waals surface area contributed by atoms with Gasteiger partial charge in [0, 0.05) is 63.8 Å². The number of aromatic nitrogens is 3. The number of benzene rings is 4. The predicted molar refractivity (Wildman–Crippen MR) is 202 cm³/mol. The van der Waals surface area contributed by atoms with E-state index in [2.05, 4.69) is 32.0 Å². The molecule has 2 atom stereocenters. The normalized spacial score (nSPS) is 15.6. The number of likely N-dealkylation sites (tertiary alicyclic amines) is 1. The fraction of sp³-hybridized carbons (Fsp3) is 0.225. The summed E-state index contributed by atoms with van der Waals surface area (Å²) < 4.78 is 2.12. The Morgan fingerprint density at radius 1 is 0.960 bits per heavy atom. The predicted octanol–water partition coefficient (Wildman–Crippen LogP) is 8.97. The van der Waals surface area contributed by atoms with Gasteiger partial charge in [0.15, 0.2) is 0 Å². The number of carbonyl (C=O) groups is 2. The SMILES string of the molecule is CC(=O)N[C@H]1CCCN(Cc2ccccc2NC(=O)c2[nH]c3cc(Cl)ccc3c2-c2c(-c3ccccc3)ncn2[C@@H](C)c2ccc(Cl)cc2)C1. The molecule has 0 saturated carbocycles. The van der Waals surface area contributed by atoms with Crippen molar-refractivity contribution >= 4 is 51.6 Å². The highest BCUT2D eigenvalue weighted by atomic mass is 35.5. The van der Waals surface area contributed by atoms with Crippen LogP contribution in [0.25, 0.3) is 33.4 Å². The van der Waals surface area contributed by atoms with Gasteiger partial charge in [-0.25, -0.2) is 4.98 Å². The molecule has 3 heterocycles. The average molecular weight is 706 g/mol. The number of halogens is 2. The van der Waals surface area contributed by atoms with Gasteiger partial charge in [-0.3, -0.25) is 14.5 Å². The van der Waals surface area contributed by atoms with Crippen molar-refractivity contribution in [1.29, 1.82) is 0 Å². The highest BCUT2D eigenvalue weighted by Gasteiger charge is 2.28. The highest BCUT2D eigenvalue weighted by Crippen LogP contribution is 2.41. The molecule has 0 aliphatic carbocycles. The molecule has 0 unspecified atom stereocenters. The van der Waals surface area contributed by atoms with E-state index < -0.39 is 0 Å². The van der Waals surface area contributed by atoms with Gasteiger partial charge in [-0.2, -0.15) is 0 Å². The molecule has 0 spiro atoms. The summed E-state index contributed by atoms with van der Waals surface area (Å²) in [4.78, 5) is 37.0. The van der Waals surface area contributed by atoms with E-state index in [-0.39, 0.29) is 23.9 Å². The summed E-state index contributed by atoms with van der Waals surface area (Å²) >= 11 is 12.7. The number of hydrogen-bond donors (Lipinski definition) is 3. The Morgan fingerprint density at radius 2 is 1.70 bits per heavy atom. The van der Waals surface area contributed by atoms with Gasteiger partial charge < -0.3 is 20.2 Å². The molecule has 0 bridgehead atoms. The number of fused-ring (bicyclic) bond motifs is 1. The van der Waals surface area contributed by atoms with Gasteiger partial charge in [-0.15, -0.1) is 0 Å². The monoisotopic (exact) mass is 704 g/mol. The Hall–Kier alpha value is -4.89. The Kier molecular flexibility index (Phi) is 9.76. The lowest BCUT2D eigenvalue weighted by atomic mass is 9.99. The van der Waals surface area contributed by atoms with Crippen LogP contribution in [0.15, 0.2) is 103 Å². The van der Waals surface area contributed by atoms with Gasteiger partial charge in [0.2, 0.25) is 5.91 Å². The van der Waals surface area contributed by atoms with Crippen LogP contribution in [0, 0.1) is 0 Å². The fourth-order valence-corrected chi connectivity index (χ4v) is 7.31. The third kappa shape index (κ3) is 7.05. The van der Waals surface area contributed by atoms with Gasteiger partial charge >= 0.3 is 0 Å². The summed E-state index contributed by atoms with van der Waals surface area (Å²) in [6.45, 7) is 5.99. The van der Waals surface area contributed by atoms with Crippen LogP contribution >= 0.6 is 23.2 Å². The second kappa shape index (κ2) is 14.5. The van der Waals surface area contributed by atoms with Crippen molar-refractivity contribution in [3.8, 4) is 22.5 Å². The second-order valence-corrected chi connectivity index (χ2v) is 13.8. The minimum Gasteiger partial charge on any atom is -0.352 e. The van der Waals surface area contributed by atoms with Gasteiger partial charge in [0.1, 0.15) is 5.69 Å². The van der Waals surface area contributed by atoms with E-state index in [1.165, 1.54) is 0 Å². The number of carbonyl (C=O) groups excluding carboxylic acids is 2. The van der Waals surface area contributed by atoms with Gasteiger partial charge in [0.25, 0.3) is 5.91 Å². The molecular formula is C40H38Cl2N6O2. The first-order chi connectivity index (χ1) is 24.2. The van der Waals surface area contributed by atoms with Crippen LogP contribution in [0.2, 0.25) is 10.0 Å². The molecular weight excluding hydrogens is 667 g/mol. The molecule has 50 heavy (non-hydrogen) atoms. The fourth-order valence-electron chi connectivity index (χ4n) is 7.01. The van der Waals surface area contributed by atoms with E-state index in [9.17, 15) is 9.59 Å². The molecule has 6 aromatic rings. The summed E-state index contributed by atoms with van der Waals surface area (Å²) in [6, 6.07) is 31.3. The molecule has 2 amide bonds. The van der Waals surface area contributed by atoms with Crippen LogP contribution in [0.1, 0.15) is 54.3 Å². The van der Waals surface area contributed by atoms with Crippen molar-refractivity contribution < 1.29 is 9.59 Å². The second-order valence-electron chi connectivity index (χ2n) is 12.9. The molecule has 2 aromatic heterocycles. The Labute approximate surface area is 301 Å². The highest BCUT2D eigenvalue weighted by molar-refractivity contribution is 6.31. The minimum atomic E-state index is -0.277. The quantitative estimate of drug-likeness (QED) is 0.140. The molecule has 254 valence electrons. The number of piperidine rings is 1. The van der Waals surface area contributed by atoms with Crippen molar-refractivity contribution in [3.63, 3.8) is 0 Å². The Bertz CT molecular complexity index is 2160. The number of amides is 2. The van der Waals surface area contributed by atoms with Crippen LogP contribution < -0.4 is 10.6 Å². The lowest BCUT2D eigenvalue weighted by Crippen LogP contribution is -2.46. The number of anilines is 1. The number of H-pyrrole nitrogens is 1. The molecule has 8 nitrogen and oxygen atoms in total. The maximum absolute atomic E-state index is 14.6. The maximum atomic E-state index is 14.6. The number of rotatable bonds is 9. The topological polar surface area (TPSA) is 95.1 Å². The molecule has 1 aliphatic heterocycles. The van der Waals surface area contributed by atoms with Crippen molar-refractivity contribution in [3.05, 3.63) is 130 Å². The number of hydrogen-bond acceptors (Lipinski definition) is 4. The minimum absolute atomic E-state index is 0.0146. The van der Waals surface area contributed by atoms with Gasteiger partial charge in [-0.05, 0) is 67.8 Å². The van der Waals surface area contributed by atoms with Crippen LogP contribution in [0.4, 0.5) is 5.69 Å². The van der Waals surface area contributed by atoms with E-state index in [1.807, 2.05) is 103 Å². The first-order valence-corrected chi connectivity index (χ1v) is 17.6. The number of nitrogens with one attached hydrogen (secondary N) is 3. The molecule has 0 radical (unpaired) electrons. The van der Waals surface area contributed by atoms with Gasteiger partial charge in [-0.1, -0.05) is 89.9 Å². The van der Waals surface area contributed by atoms with Crippen LogP contribution in [-0.2, 0) is 11.3 Å².